The second kappa shape index (κ2) is 10.5. The standard InChI is InChI=1S/C24H25F2N5O3/c1-16-18(15-27-31(16)22-5-3-2-4-20(22)26)24(33)28-17-6-7-19(25)21(14-17)29-23(32)8-9-30-10-12-34-13-11-30/h2-7,14-15H,8-13H2,1H3,(H,28,33)(H,29,32). The average Bonchev–Trinajstić information content (AvgIpc) is 3.22. The molecular weight excluding hydrogens is 444 g/mol. The highest BCUT2D eigenvalue weighted by Crippen LogP contribution is 2.22. The summed E-state index contributed by atoms with van der Waals surface area (Å²) in [7, 11) is 0. The van der Waals surface area contributed by atoms with E-state index in [0.29, 0.717) is 31.1 Å². The van der Waals surface area contributed by atoms with Crippen LogP contribution in [0.25, 0.3) is 5.69 Å². The van der Waals surface area contributed by atoms with E-state index in [9.17, 15) is 18.4 Å². The fourth-order valence-electron chi connectivity index (χ4n) is 3.69. The van der Waals surface area contributed by atoms with Crippen molar-refractivity contribution in [1.29, 1.82) is 0 Å². The van der Waals surface area contributed by atoms with Gasteiger partial charge in [0.2, 0.25) is 5.91 Å². The fourth-order valence-corrected chi connectivity index (χ4v) is 3.69. The van der Waals surface area contributed by atoms with Crippen LogP contribution in [0.15, 0.2) is 48.7 Å². The Balaban J connectivity index is 1.41. The summed E-state index contributed by atoms with van der Waals surface area (Å²) in [6.07, 6.45) is 1.55. The van der Waals surface area contributed by atoms with Crippen molar-refractivity contribution in [2.45, 2.75) is 13.3 Å². The third-order valence-electron chi connectivity index (χ3n) is 5.59. The summed E-state index contributed by atoms with van der Waals surface area (Å²) in [5.41, 5.74) is 1.18. The first-order valence-electron chi connectivity index (χ1n) is 10.9. The zero-order valence-corrected chi connectivity index (χ0v) is 18.7. The zero-order chi connectivity index (χ0) is 24.1. The molecule has 0 bridgehead atoms. The van der Waals surface area contributed by atoms with E-state index in [1.54, 1.807) is 25.1 Å². The van der Waals surface area contributed by atoms with E-state index in [-0.39, 0.29) is 29.3 Å². The minimum atomic E-state index is -0.610. The molecule has 2 aromatic carbocycles. The highest BCUT2D eigenvalue weighted by atomic mass is 19.1. The van der Waals surface area contributed by atoms with Gasteiger partial charge >= 0.3 is 0 Å². The summed E-state index contributed by atoms with van der Waals surface area (Å²) < 4.78 is 35.0. The van der Waals surface area contributed by atoms with Gasteiger partial charge in [-0.05, 0) is 37.3 Å². The number of morpholine rings is 1. The van der Waals surface area contributed by atoms with Crippen LogP contribution in [-0.2, 0) is 9.53 Å². The molecule has 0 radical (unpaired) electrons. The summed E-state index contributed by atoms with van der Waals surface area (Å²) in [6.45, 7) is 5.00. The molecule has 1 fully saturated rings. The number of para-hydroxylation sites is 1. The van der Waals surface area contributed by atoms with Gasteiger partial charge in [0.1, 0.15) is 17.3 Å². The van der Waals surface area contributed by atoms with Crippen molar-refractivity contribution in [2.75, 3.05) is 43.5 Å². The fraction of sp³-hybridized carbons (Fsp3) is 0.292. The second-order valence-electron chi connectivity index (χ2n) is 7.91. The van der Waals surface area contributed by atoms with E-state index in [1.165, 1.54) is 35.1 Å². The van der Waals surface area contributed by atoms with E-state index >= 15 is 0 Å². The Morgan fingerprint density at radius 1 is 1.06 bits per heavy atom. The molecule has 4 rings (SSSR count). The van der Waals surface area contributed by atoms with Crippen LogP contribution in [0.4, 0.5) is 20.2 Å². The van der Waals surface area contributed by atoms with Crippen LogP contribution in [-0.4, -0.2) is 59.3 Å². The average molecular weight is 469 g/mol. The van der Waals surface area contributed by atoms with Crippen molar-refractivity contribution in [2.24, 2.45) is 0 Å². The van der Waals surface area contributed by atoms with Crippen LogP contribution in [0.2, 0.25) is 0 Å². The molecule has 178 valence electrons. The van der Waals surface area contributed by atoms with Crippen LogP contribution in [0.1, 0.15) is 22.5 Å². The number of benzene rings is 2. The quantitative estimate of drug-likeness (QED) is 0.554. The van der Waals surface area contributed by atoms with Crippen LogP contribution in [0.5, 0.6) is 0 Å². The lowest BCUT2D eigenvalue weighted by Gasteiger charge is -2.26. The van der Waals surface area contributed by atoms with Gasteiger partial charge in [0, 0.05) is 31.7 Å². The molecule has 0 unspecified atom stereocenters. The van der Waals surface area contributed by atoms with Crippen LogP contribution in [0.3, 0.4) is 0 Å². The smallest absolute Gasteiger partial charge is 0.259 e. The number of amides is 2. The lowest BCUT2D eigenvalue weighted by Crippen LogP contribution is -2.38. The molecular formula is C24H25F2N5O3. The first-order valence-corrected chi connectivity index (χ1v) is 10.9. The molecule has 2 amide bonds. The Kier molecular flexibility index (Phi) is 7.29. The maximum atomic E-state index is 14.3. The molecule has 2 N–H and O–H groups in total. The number of carbonyl (C=O) groups is 2. The predicted octanol–water partition coefficient (Wildman–Crippen LogP) is 3.37. The number of halogens is 2. The van der Waals surface area contributed by atoms with Crippen molar-refractivity contribution in [1.82, 2.24) is 14.7 Å². The number of anilines is 2. The van der Waals surface area contributed by atoms with Gasteiger partial charge in [0.05, 0.1) is 36.4 Å². The molecule has 10 heteroatoms. The monoisotopic (exact) mass is 469 g/mol. The molecule has 0 spiro atoms. The maximum absolute atomic E-state index is 14.3. The van der Waals surface area contributed by atoms with Crippen LogP contribution < -0.4 is 10.6 Å². The Labute approximate surface area is 195 Å². The van der Waals surface area contributed by atoms with E-state index in [1.807, 2.05) is 0 Å². The molecule has 0 aliphatic carbocycles. The number of nitrogens with zero attached hydrogens (tertiary/aromatic N) is 3. The summed E-state index contributed by atoms with van der Waals surface area (Å²) in [4.78, 5) is 27.2. The third kappa shape index (κ3) is 5.46. The summed E-state index contributed by atoms with van der Waals surface area (Å²) >= 11 is 0. The van der Waals surface area contributed by atoms with Gasteiger partial charge in [-0.3, -0.25) is 14.5 Å². The topological polar surface area (TPSA) is 88.5 Å². The number of ether oxygens (including phenoxy) is 1. The Morgan fingerprint density at radius 3 is 2.59 bits per heavy atom. The number of hydrogen-bond acceptors (Lipinski definition) is 5. The van der Waals surface area contributed by atoms with Crippen molar-refractivity contribution in [3.05, 3.63) is 71.6 Å². The Bertz CT molecular complexity index is 1190. The number of aromatic nitrogens is 2. The SMILES string of the molecule is Cc1c(C(=O)Nc2ccc(F)c(NC(=O)CCN3CCOCC3)c2)cnn1-c1ccccc1F. The van der Waals surface area contributed by atoms with E-state index in [2.05, 4.69) is 20.6 Å². The third-order valence-corrected chi connectivity index (χ3v) is 5.59. The molecule has 3 aromatic rings. The van der Waals surface area contributed by atoms with Crippen molar-refractivity contribution in [3.8, 4) is 5.69 Å². The number of carbonyl (C=O) groups excluding carboxylic acids is 2. The van der Waals surface area contributed by atoms with Crippen molar-refractivity contribution < 1.29 is 23.1 Å². The Morgan fingerprint density at radius 2 is 1.82 bits per heavy atom. The van der Waals surface area contributed by atoms with Gasteiger partial charge in [-0.15, -0.1) is 0 Å². The van der Waals surface area contributed by atoms with Gasteiger partial charge in [-0.1, -0.05) is 12.1 Å². The molecule has 1 aromatic heterocycles. The summed E-state index contributed by atoms with van der Waals surface area (Å²) in [5, 5.41) is 9.37. The van der Waals surface area contributed by atoms with Gasteiger partial charge < -0.3 is 15.4 Å². The first kappa shape index (κ1) is 23.5. The Hall–Kier alpha value is -3.63. The van der Waals surface area contributed by atoms with Gasteiger partial charge in [0.15, 0.2) is 0 Å². The first-order chi connectivity index (χ1) is 16.4. The van der Waals surface area contributed by atoms with Gasteiger partial charge in [-0.2, -0.15) is 5.10 Å². The predicted molar refractivity (Wildman–Crippen MR) is 123 cm³/mol. The number of hydrogen-bond donors (Lipinski definition) is 2. The molecule has 8 nitrogen and oxygen atoms in total. The molecule has 1 saturated heterocycles. The molecule has 1 aliphatic heterocycles. The van der Waals surface area contributed by atoms with E-state index in [4.69, 9.17) is 4.74 Å². The highest BCUT2D eigenvalue weighted by molar-refractivity contribution is 6.05. The molecule has 34 heavy (non-hydrogen) atoms. The highest BCUT2D eigenvalue weighted by Gasteiger charge is 2.18. The maximum Gasteiger partial charge on any atom is 0.259 e. The van der Waals surface area contributed by atoms with Crippen LogP contribution >= 0.6 is 0 Å². The molecule has 0 atom stereocenters. The van der Waals surface area contributed by atoms with E-state index < -0.39 is 17.5 Å². The largest absolute Gasteiger partial charge is 0.379 e. The molecule has 2 heterocycles. The van der Waals surface area contributed by atoms with Gasteiger partial charge in [0.25, 0.3) is 5.91 Å². The van der Waals surface area contributed by atoms with Crippen LogP contribution in [0, 0.1) is 18.6 Å². The summed E-state index contributed by atoms with van der Waals surface area (Å²) in [5.74, 6) is -1.89. The lowest BCUT2D eigenvalue weighted by atomic mass is 10.2. The molecule has 0 saturated carbocycles. The minimum absolute atomic E-state index is 0.0245. The molecule has 1 aliphatic rings. The van der Waals surface area contributed by atoms with Gasteiger partial charge in [-0.25, -0.2) is 13.5 Å². The second-order valence-corrected chi connectivity index (χ2v) is 7.91. The number of nitrogens with one attached hydrogen (secondary N) is 2. The number of rotatable bonds is 7. The minimum Gasteiger partial charge on any atom is -0.379 e. The lowest BCUT2D eigenvalue weighted by molar-refractivity contribution is -0.116. The van der Waals surface area contributed by atoms with Crippen molar-refractivity contribution >= 4 is 23.2 Å². The zero-order valence-electron chi connectivity index (χ0n) is 18.7. The summed E-state index contributed by atoms with van der Waals surface area (Å²) in [6, 6.07) is 10.0. The van der Waals surface area contributed by atoms with E-state index in [0.717, 1.165) is 13.1 Å². The normalized spacial score (nSPS) is 14.1. The van der Waals surface area contributed by atoms with Crippen molar-refractivity contribution in [3.63, 3.8) is 0 Å².